The minimum absolute atomic E-state index is 0.224. The van der Waals surface area contributed by atoms with Crippen molar-refractivity contribution in [3.8, 4) is 16.8 Å². The van der Waals surface area contributed by atoms with Gasteiger partial charge in [0.25, 0.3) is 5.91 Å². The highest BCUT2D eigenvalue weighted by Crippen LogP contribution is 2.26. The van der Waals surface area contributed by atoms with Crippen LogP contribution >= 0.6 is 11.6 Å². The van der Waals surface area contributed by atoms with Gasteiger partial charge >= 0.3 is 11.7 Å². The number of aromatic nitrogens is 6. The van der Waals surface area contributed by atoms with Crippen LogP contribution in [0, 0.1) is 0 Å². The predicted molar refractivity (Wildman–Crippen MR) is 161 cm³/mol. The molecule has 0 bridgehead atoms. The number of carboxylic acids is 1. The summed E-state index contributed by atoms with van der Waals surface area (Å²) >= 11 is 6.28. The molecule has 1 atom stereocenters. The number of amides is 1. The molecular weight excluding hydrogens is 570 g/mol. The summed E-state index contributed by atoms with van der Waals surface area (Å²) in [5.74, 6) is -1.46. The van der Waals surface area contributed by atoms with Crippen molar-refractivity contribution in [1.29, 1.82) is 0 Å². The van der Waals surface area contributed by atoms with Gasteiger partial charge in [0.2, 0.25) is 0 Å². The molecule has 0 aliphatic rings. The lowest BCUT2D eigenvalue weighted by Gasteiger charge is -2.17. The molecule has 2 heterocycles. The Morgan fingerprint density at radius 1 is 1.05 bits per heavy atom. The monoisotopic (exact) mass is 599 g/mol. The van der Waals surface area contributed by atoms with Gasteiger partial charge in [-0.1, -0.05) is 85.6 Å². The van der Waals surface area contributed by atoms with Crippen LogP contribution in [0.5, 0.6) is 0 Å². The Balaban J connectivity index is 1.34. The van der Waals surface area contributed by atoms with E-state index < -0.39 is 23.6 Å². The van der Waals surface area contributed by atoms with Gasteiger partial charge in [0.15, 0.2) is 0 Å². The third-order valence-electron chi connectivity index (χ3n) is 6.98. The summed E-state index contributed by atoms with van der Waals surface area (Å²) in [6.07, 6.45) is 1.61. The van der Waals surface area contributed by atoms with E-state index in [-0.39, 0.29) is 18.5 Å². The van der Waals surface area contributed by atoms with Crippen molar-refractivity contribution >= 4 is 23.5 Å². The second-order valence-electron chi connectivity index (χ2n) is 10.1. The summed E-state index contributed by atoms with van der Waals surface area (Å²) in [5.41, 5.74) is 4.74. The van der Waals surface area contributed by atoms with Gasteiger partial charge in [-0.25, -0.2) is 9.89 Å². The molecule has 0 aliphatic heterocycles. The molecule has 3 N–H and O–H groups in total. The van der Waals surface area contributed by atoms with Crippen LogP contribution in [-0.2, 0) is 24.2 Å². The highest BCUT2D eigenvalue weighted by molar-refractivity contribution is 6.31. The van der Waals surface area contributed by atoms with Gasteiger partial charge in [-0.3, -0.25) is 14.3 Å². The number of carboxylic acid groups (broad SMARTS) is 1. The van der Waals surface area contributed by atoms with E-state index in [0.29, 0.717) is 17.3 Å². The number of hydrogen-bond donors (Lipinski definition) is 3. The number of aliphatic carboxylic acids is 1. The second kappa shape index (κ2) is 13.3. The first-order chi connectivity index (χ1) is 20.8. The number of aromatic amines is 1. The van der Waals surface area contributed by atoms with E-state index in [9.17, 15) is 19.5 Å². The Hall–Kier alpha value is -5.03. The van der Waals surface area contributed by atoms with Gasteiger partial charge in [-0.05, 0) is 58.2 Å². The Bertz CT molecular complexity index is 1790. The summed E-state index contributed by atoms with van der Waals surface area (Å²) in [7, 11) is 0. The zero-order chi connectivity index (χ0) is 30.3. The zero-order valence-corrected chi connectivity index (χ0v) is 24.2. The molecular formula is C31H30ClN7O4. The van der Waals surface area contributed by atoms with Crippen LogP contribution in [0.1, 0.15) is 47.1 Å². The average molecular weight is 600 g/mol. The summed E-state index contributed by atoms with van der Waals surface area (Å²) < 4.78 is 3.02. The van der Waals surface area contributed by atoms with Crippen LogP contribution in [-0.4, -0.2) is 53.0 Å². The number of halogens is 1. The molecule has 43 heavy (non-hydrogen) atoms. The Labute approximate surface area is 252 Å². The SMILES string of the molecule is CCCc1cc(C(=O)N[C@@H](CC(=O)O)Cc2ccccc2Cl)nn1Cc1ccc(-c2ccccc2-n2nn[nH]c2=O)cc1. The number of nitrogens with one attached hydrogen (secondary N) is 2. The Morgan fingerprint density at radius 2 is 1.79 bits per heavy atom. The number of para-hydroxylation sites is 1. The summed E-state index contributed by atoms with van der Waals surface area (Å²) in [6, 6.07) is 23.6. The molecule has 12 heteroatoms. The van der Waals surface area contributed by atoms with Crippen LogP contribution in [0.2, 0.25) is 5.02 Å². The number of benzene rings is 3. The lowest BCUT2D eigenvalue weighted by molar-refractivity contribution is -0.137. The van der Waals surface area contributed by atoms with Crippen LogP contribution < -0.4 is 11.0 Å². The third kappa shape index (κ3) is 7.07. The van der Waals surface area contributed by atoms with Crippen molar-refractivity contribution in [2.45, 2.75) is 45.2 Å². The van der Waals surface area contributed by atoms with E-state index in [4.69, 9.17) is 11.6 Å². The van der Waals surface area contributed by atoms with Crippen molar-refractivity contribution < 1.29 is 14.7 Å². The summed E-state index contributed by atoms with van der Waals surface area (Å²) in [6.45, 7) is 2.49. The van der Waals surface area contributed by atoms with E-state index in [1.807, 2.05) is 54.6 Å². The highest BCUT2D eigenvalue weighted by atomic mass is 35.5. The number of H-pyrrole nitrogens is 1. The summed E-state index contributed by atoms with van der Waals surface area (Å²) in [5, 5.41) is 27.2. The quantitative estimate of drug-likeness (QED) is 0.194. The summed E-state index contributed by atoms with van der Waals surface area (Å²) in [4.78, 5) is 36.9. The number of carbonyl (C=O) groups is 2. The fourth-order valence-electron chi connectivity index (χ4n) is 4.95. The van der Waals surface area contributed by atoms with Gasteiger partial charge < -0.3 is 10.4 Å². The molecule has 5 rings (SSSR count). The van der Waals surface area contributed by atoms with Gasteiger partial charge in [0.1, 0.15) is 5.69 Å². The van der Waals surface area contributed by atoms with E-state index in [2.05, 4.69) is 32.9 Å². The molecule has 5 aromatic rings. The number of carbonyl (C=O) groups excluding carboxylic acids is 1. The molecule has 2 aromatic heterocycles. The molecule has 1 amide bonds. The van der Waals surface area contributed by atoms with Crippen molar-refractivity contribution in [3.05, 3.63) is 117 Å². The largest absolute Gasteiger partial charge is 0.481 e. The molecule has 0 saturated heterocycles. The molecule has 0 spiro atoms. The molecule has 0 radical (unpaired) electrons. The highest BCUT2D eigenvalue weighted by Gasteiger charge is 2.21. The topological polar surface area (TPSA) is 148 Å². The molecule has 3 aromatic carbocycles. The maximum Gasteiger partial charge on any atom is 0.365 e. The number of hydrogen-bond acceptors (Lipinski definition) is 6. The molecule has 11 nitrogen and oxygen atoms in total. The maximum absolute atomic E-state index is 13.2. The average Bonchev–Trinajstić information content (AvgIpc) is 3.60. The standard InChI is InChI=1S/C31H30ClN7O4/c1-2-7-24-18-27(30(42)33-23(17-29(40)41)16-22-8-3-5-10-26(22)32)35-38(24)19-20-12-14-21(15-13-20)25-9-4-6-11-28(25)39-31(43)34-36-37-39/h3-6,8-15,18,23H,2,7,16-17,19H2,1H3,(H,33,42)(H,40,41)(H,34,37,43)/t23-/m1/s1. The van der Waals surface area contributed by atoms with Crippen LogP contribution in [0.4, 0.5) is 0 Å². The number of nitrogens with zero attached hydrogens (tertiary/aromatic N) is 5. The second-order valence-corrected chi connectivity index (χ2v) is 10.5. The van der Waals surface area contributed by atoms with E-state index in [1.165, 1.54) is 4.68 Å². The van der Waals surface area contributed by atoms with E-state index in [1.54, 1.807) is 28.9 Å². The van der Waals surface area contributed by atoms with Crippen molar-refractivity contribution in [2.75, 3.05) is 0 Å². The predicted octanol–water partition coefficient (Wildman–Crippen LogP) is 4.29. The van der Waals surface area contributed by atoms with Crippen molar-refractivity contribution in [3.63, 3.8) is 0 Å². The minimum atomic E-state index is -1.02. The van der Waals surface area contributed by atoms with E-state index in [0.717, 1.165) is 40.8 Å². The zero-order valence-electron chi connectivity index (χ0n) is 23.4. The van der Waals surface area contributed by atoms with E-state index >= 15 is 0 Å². The fraction of sp³-hybridized carbons (Fsp3) is 0.226. The van der Waals surface area contributed by atoms with Crippen LogP contribution in [0.25, 0.3) is 16.8 Å². The fourth-order valence-corrected chi connectivity index (χ4v) is 5.17. The van der Waals surface area contributed by atoms with Gasteiger partial charge in [-0.15, -0.1) is 0 Å². The first-order valence-corrected chi connectivity index (χ1v) is 14.2. The van der Waals surface area contributed by atoms with Gasteiger partial charge in [0, 0.05) is 22.3 Å². The first kappa shape index (κ1) is 29.5. The smallest absolute Gasteiger partial charge is 0.365 e. The number of aryl methyl sites for hydroxylation is 1. The van der Waals surface area contributed by atoms with Crippen LogP contribution in [0.15, 0.2) is 83.7 Å². The Morgan fingerprint density at radius 3 is 2.49 bits per heavy atom. The third-order valence-corrected chi connectivity index (χ3v) is 7.35. The number of rotatable bonds is 12. The molecule has 0 fully saturated rings. The van der Waals surface area contributed by atoms with Crippen LogP contribution in [0.3, 0.4) is 0 Å². The maximum atomic E-state index is 13.2. The minimum Gasteiger partial charge on any atom is -0.481 e. The van der Waals surface area contributed by atoms with Crippen molar-refractivity contribution in [1.82, 2.24) is 35.3 Å². The Kier molecular flexibility index (Phi) is 9.11. The van der Waals surface area contributed by atoms with Gasteiger partial charge in [-0.2, -0.15) is 9.78 Å². The molecule has 0 saturated carbocycles. The van der Waals surface area contributed by atoms with Gasteiger partial charge in [0.05, 0.1) is 18.7 Å². The molecule has 0 unspecified atom stereocenters. The lowest BCUT2D eigenvalue weighted by atomic mass is 10.0. The molecule has 220 valence electrons. The lowest BCUT2D eigenvalue weighted by Crippen LogP contribution is -2.38. The molecule has 0 aliphatic carbocycles. The number of tetrazole rings is 1. The van der Waals surface area contributed by atoms with Crippen molar-refractivity contribution in [2.24, 2.45) is 0 Å². The normalized spacial score (nSPS) is 11.8. The first-order valence-electron chi connectivity index (χ1n) is 13.8.